The first kappa shape index (κ1) is 24.0. The van der Waals surface area contributed by atoms with Crippen molar-refractivity contribution in [1.82, 2.24) is 28.6 Å². The highest BCUT2D eigenvalue weighted by molar-refractivity contribution is 7.89. The number of likely N-dealkylation sites (tertiary alicyclic amines) is 1. The first-order valence-electron chi connectivity index (χ1n) is 12.4. The van der Waals surface area contributed by atoms with Crippen molar-refractivity contribution in [2.24, 2.45) is 13.0 Å². The third-order valence-corrected chi connectivity index (χ3v) is 9.96. The average Bonchev–Trinajstić information content (AvgIpc) is 3.38. The molecule has 0 radical (unpaired) electrons. The van der Waals surface area contributed by atoms with Crippen LogP contribution in [0, 0.1) is 19.8 Å². The quantitative estimate of drug-likeness (QED) is 0.551. The van der Waals surface area contributed by atoms with Gasteiger partial charge in [0.15, 0.2) is 0 Å². The summed E-state index contributed by atoms with van der Waals surface area (Å²) in [5.41, 5.74) is 3.80. The molecule has 0 unspecified atom stereocenters. The minimum Gasteiger partial charge on any atom is -0.339 e. The molecule has 0 bridgehead atoms. The van der Waals surface area contributed by atoms with E-state index >= 15 is 0 Å². The van der Waals surface area contributed by atoms with E-state index in [0.717, 1.165) is 49.9 Å². The number of hydrogen-bond donors (Lipinski definition) is 0. The molecule has 10 heteroatoms. The van der Waals surface area contributed by atoms with Gasteiger partial charge < -0.3 is 4.90 Å². The van der Waals surface area contributed by atoms with Crippen molar-refractivity contribution in [3.63, 3.8) is 0 Å². The lowest BCUT2D eigenvalue weighted by molar-refractivity contribution is 0.0699. The van der Waals surface area contributed by atoms with Crippen LogP contribution in [0.2, 0.25) is 0 Å². The minimum absolute atomic E-state index is 0.0483. The van der Waals surface area contributed by atoms with Crippen LogP contribution in [0.1, 0.15) is 65.8 Å². The molecule has 3 aromatic rings. The summed E-state index contributed by atoms with van der Waals surface area (Å²) < 4.78 is 31.6. The first-order valence-corrected chi connectivity index (χ1v) is 13.9. The molecule has 2 aliphatic heterocycles. The van der Waals surface area contributed by atoms with Gasteiger partial charge in [-0.1, -0.05) is 6.92 Å². The van der Waals surface area contributed by atoms with Gasteiger partial charge in [-0.3, -0.25) is 9.48 Å². The number of sulfonamides is 1. The molecule has 3 aromatic heterocycles. The van der Waals surface area contributed by atoms with Crippen LogP contribution in [0.3, 0.4) is 0 Å². The Balaban J connectivity index is 1.33. The molecular weight excluding hydrogens is 464 g/mol. The molecule has 0 saturated carbocycles. The van der Waals surface area contributed by atoms with Crippen LogP contribution in [0.4, 0.5) is 0 Å². The third kappa shape index (κ3) is 4.27. The maximum Gasteiger partial charge on any atom is 0.257 e. The number of pyridine rings is 1. The molecule has 5 heterocycles. The summed E-state index contributed by atoms with van der Waals surface area (Å²) >= 11 is 0. The SMILES string of the molecule is Cc1nn(C)c(C)c1S(=O)(=O)N1CCC(c2ccn3ncc(C(=O)N4CCC(C)CC4)c3c2)CC1. The average molecular weight is 499 g/mol. The maximum atomic E-state index is 13.3. The largest absolute Gasteiger partial charge is 0.339 e. The topological polar surface area (TPSA) is 92.8 Å². The fourth-order valence-electron chi connectivity index (χ4n) is 5.48. The van der Waals surface area contributed by atoms with Crippen molar-refractivity contribution in [2.75, 3.05) is 26.2 Å². The van der Waals surface area contributed by atoms with E-state index < -0.39 is 10.0 Å². The standard InChI is InChI=1S/C25H34N6O3S/c1-17-5-10-29(11-6-17)25(32)22-16-26-31-14-9-21(15-23(22)31)20-7-12-30(13-8-20)35(33,34)24-18(2)27-28(4)19(24)3/h9,14-17,20H,5-8,10-13H2,1-4H3. The highest BCUT2D eigenvalue weighted by Crippen LogP contribution is 2.33. The molecule has 0 N–H and O–H groups in total. The number of piperidine rings is 2. The molecule has 2 saturated heterocycles. The van der Waals surface area contributed by atoms with Crippen LogP contribution in [-0.4, -0.2) is 69.1 Å². The van der Waals surface area contributed by atoms with E-state index in [1.807, 2.05) is 17.2 Å². The molecule has 0 atom stereocenters. The lowest BCUT2D eigenvalue weighted by Gasteiger charge is -2.31. The van der Waals surface area contributed by atoms with Gasteiger partial charge in [0, 0.05) is 39.4 Å². The highest BCUT2D eigenvalue weighted by atomic mass is 32.2. The third-order valence-electron chi connectivity index (χ3n) is 7.81. The number of carbonyl (C=O) groups excluding carboxylic acids is 1. The summed E-state index contributed by atoms with van der Waals surface area (Å²) in [4.78, 5) is 15.5. The Hall–Kier alpha value is -2.72. The Kier molecular flexibility index (Phi) is 6.21. The van der Waals surface area contributed by atoms with Gasteiger partial charge in [-0.15, -0.1) is 0 Å². The summed E-state index contributed by atoms with van der Waals surface area (Å²) in [6.07, 6.45) is 7.12. The van der Waals surface area contributed by atoms with Gasteiger partial charge in [0.05, 0.1) is 28.7 Å². The Morgan fingerprint density at radius 1 is 1.06 bits per heavy atom. The van der Waals surface area contributed by atoms with E-state index in [-0.39, 0.29) is 11.8 Å². The zero-order valence-electron chi connectivity index (χ0n) is 20.9. The van der Waals surface area contributed by atoms with Crippen LogP contribution in [-0.2, 0) is 17.1 Å². The van der Waals surface area contributed by atoms with Gasteiger partial charge in [-0.05, 0) is 69.1 Å². The molecule has 0 spiro atoms. The molecule has 2 aliphatic rings. The zero-order valence-corrected chi connectivity index (χ0v) is 21.8. The van der Waals surface area contributed by atoms with Crippen LogP contribution in [0.25, 0.3) is 5.52 Å². The van der Waals surface area contributed by atoms with Gasteiger partial charge >= 0.3 is 0 Å². The number of nitrogens with zero attached hydrogens (tertiary/aromatic N) is 6. The van der Waals surface area contributed by atoms with E-state index in [9.17, 15) is 13.2 Å². The molecule has 35 heavy (non-hydrogen) atoms. The van der Waals surface area contributed by atoms with Crippen molar-refractivity contribution in [3.05, 3.63) is 47.0 Å². The number of aryl methyl sites for hydroxylation is 2. The van der Waals surface area contributed by atoms with E-state index in [1.165, 1.54) is 0 Å². The molecule has 0 aromatic carbocycles. The molecular formula is C25H34N6O3S. The van der Waals surface area contributed by atoms with Crippen LogP contribution in [0.15, 0.2) is 29.4 Å². The van der Waals surface area contributed by atoms with Gasteiger partial charge in [0.25, 0.3) is 5.91 Å². The van der Waals surface area contributed by atoms with Crippen molar-refractivity contribution >= 4 is 21.4 Å². The summed E-state index contributed by atoms with van der Waals surface area (Å²) in [6, 6.07) is 4.11. The zero-order chi connectivity index (χ0) is 24.9. The van der Waals surface area contributed by atoms with E-state index in [2.05, 4.69) is 23.2 Å². The number of rotatable bonds is 4. The normalized spacial score (nSPS) is 19.0. The summed E-state index contributed by atoms with van der Waals surface area (Å²) in [7, 11) is -1.81. The van der Waals surface area contributed by atoms with Crippen LogP contribution >= 0.6 is 0 Å². The Bertz CT molecular complexity index is 1360. The van der Waals surface area contributed by atoms with Crippen molar-refractivity contribution in [3.8, 4) is 0 Å². The fourth-order valence-corrected chi connectivity index (χ4v) is 7.35. The molecule has 2 fully saturated rings. The fraction of sp³-hybridized carbons (Fsp3) is 0.560. The summed E-state index contributed by atoms with van der Waals surface area (Å²) in [5.74, 6) is 0.943. The molecule has 1 amide bonds. The summed E-state index contributed by atoms with van der Waals surface area (Å²) in [5, 5.41) is 8.70. The predicted octanol–water partition coefficient (Wildman–Crippen LogP) is 3.13. The molecule has 9 nitrogen and oxygen atoms in total. The molecule has 188 valence electrons. The minimum atomic E-state index is -3.58. The van der Waals surface area contributed by atoms with Gasteiger partial charge in [-0.2, -0.15) is 14.5 Å². The number of hydrogen-bond acceptors (Lipinski definition) is 5. The predicted molar refractivity (Wildman–Crippen MR) is 133 cm³/mol. The van der Waals surface area contributed by atoms with E-state index in [1.54, 1.807) is 40.6 Å². The second-order valence-corrected chi connectivity index (χ2v) is 12.0. The second kappa shape index (κ2) is 9.05. The van der Waals surface area contributed by atoms with Crippen LogP contribution < -0.4 is 0 Å². The van der Waals surface area contributed by atoms with Gasteiger partial charge in [0.1, 0.15) is 4.90 Å². The smallest absolute Gasteiger partial charge is 0.257 e. The van der Waals surface area contributed by atoms with Gasteiger partial charge in [0.2, 0.25) is 10.0 Å². The van der Waals surface area contributed by atoms with Crippen molar-refractivity contribution in [2.45, 2.75) is 57.3 Å². The maximum absolute atomic E-state index is 13.3. The van der Waals surface area contributed by atoms with Crippen molar-refractivity contribution in [1.29, 1.82) is 0 Å². The Morgan fingerprint density at radius 3 is 2.37 bits per heavy atom. The lowest BCUT2D eigenvalue weighted by Crippen LogP contribution is -2.38. The highest BCUT2D eigenvalue weighted by Gasteiger charge is 2.34. The van der Waals surface area contributed by atoms with E-state index in [4.69, 9.17) is 0 Å². The van der Waals surface area contributed by atoms with Gasteiger partial charge in [-0.25, -0.2) is 12.9 Å². The number of fused-ring (bicyclic) bond motifs is 1. The first-order chi connectivity index (χ1) is 16.7. The Morgan fingerprint density at radius 2 is 1.74 bits per heavy atom. The number of amides is 1. The summed E-state index contributed by atoms with van der Waals surface area (Å²) in [6.45, 7) is 8.28. The monoisotopic (exact) mass is 498 g/mol. The Labute approximate surface area is 206 Å². The van der Waals surface area contributed by atoms with Crippen molar-refractivity contribution < 1.29 is 13.2 Å². The number of carbonyl (C=O) groups is 1. The van der Waals surface area contributed by atoms with E-state index in [0.29, 0.717) is 40.9 Å². The second-order valence-electron chi connectivity index (χ2n) is 10.1. The lowest BCUT2D eigenvalue weighted by atomic mass is 9.90. The van der Waals surface area contributed by atoms with Crippen LogP contribution in [0.5, 0.6) is 0 Å². The molecule has 0 aliphatic carbocycles. The molecule has 5 rings (SSSR count). The number of aromatic nitrogens is 4.